The molecule has 0 aliphatic carbocycles. The number of rotatable bonds is 6. The first-order valence-corrected chi connectivity index (χ1v) is 11.4. The number of hydrogen-bond acceptors (Lipinski definition) is 8. The second kappa shape index (κ2) is 11.3. The lowest BCUT2D eigenvalue weighted by molar-refractivity contribution is 0.0579. The number of carbonyl (C=O) groups excluding carboxylic acids is 3. The summed E-state index contributed by atoms with van der Waals surface area (Å²) in [5, 5.41) is 0. The summed E-state index contributed by atoms with van der Waals surface area (Å²) in [5.74, 6) is -2.28. The fraction of sp³-hybridized carbons (Fsp3) is 0.269. The molecule has 1 aromatic heterocycles. The molecular weight excluding hydrogens is 466 g/mol. The number of amides is 1. The highest BCUT2D eigenvalue weighted by Crippen LogP contribution is 2.30. The van der Waals surface area contributed by atoms with Crippen LogP contribution in [0.2, 0.25) is 0 Å². The van der Waals surface area contributed by atoms with Crippen LogP contribution < -0.4 is 10.3 Å². The third kappa shape index (κ3) is 5.60. The van der Waals surface area contributed by atoms with Gasteiger partial charge in [0.2, 0.25) is 5.75 Å². The molecule has 0 radical (unpaired) electrons. The predicted molar refractivity (Wildman–Crippen MR) is 128 cm³/mol. The zero-order valence-corrected chi connectivity index (χ0v) is 19.6. The van der Waals surface area contributed by atoms with Gasteiger partial charge in [0.1, 0.15) is 12.4 Å². The first-order chi connectivity index (χ1) is 17.5. The van der Waals surface area contributed by atoms with Crippen LogP contribution >= 0.6 is 0 Å². The van der Waals surface area contributed by atoms with Crippen molar-refractivity contribution in [1.82, 2.24) is 14.9 Å². The number of aromatic nitrogens is 2. The van der Waals surface area contributed by atoms with Crippen molar-refractivity contribution in [2.45, 2.75) is 31.9 Å². The standard InChI is InChI=1S/C26H25N3O7/c1-34-25(32)20-21(36-24(31)18-12-6-3-7-13-18)23(30)28-22(27-20)19-14-8-9-15-29(19)26(33)35-16-17-10-4-2-5-11-17/h2-7,10-13,19H,8-9,14-16H2,1H3,(H,27,28,30). The topological polar surface area (TPSA) is 128 Å². The lowest BCUT2D eigenvalue weighted by Gasteiger charge is -2.34. The van der Waals surface area contributed by atoms with Crippen LogP contribution in [0.25, 0.3) is 0 Å². The smallest absolute Gasteiger partial charge is 0.410 e. The number of esters is 2. The first kappa shape index (κ1) is 24.6. The molecule has 4 rings (SSSR count). The normalized spacial score (nSPS) is 15.1. The number of aromatic amines is 1. The molecule has 10 heteroatoms. The number of hydrogen-bond donors (Lipinski definition) is 1. The summed E-state index contributed by atoms with van der Waals surface area (Å²) in [7, 11) is 1.13. The van der Waals surface area contributed by atoms with E-state index in [4.69, 9.17) is 14.2 Å². The SMILES string of the molecule is COC(=O)c1nc(C2CCCCN2C(=O)OCc2ccccc2)[nH]c(=O)c1OC(=O)c1ccccc1. The molecule has 10 nitrogen and oxygen atoms in total. The molecule has 3 aromatic rings. The number of H-pyrrole nitrogens is 1. The maximum absolute atomic E-state index is 13.0. The molecule has 1 aliphatic rings. The van der Waals surface area contributed by atoms with E-state index in [0.29, 0.717) is 13.0 Å². The minimum absolute atomic E-state index is 0.0799. The van der Waals surface area contributed by atoms with Gasteiger partial charge >= 0.3 is 18.0 Å². The molecule has 36 heavy (non-hydrogen) atoms. The van der Waals surface area contributed by atoms with Crippen molar-refractivity contribution < 1.29 is 28.6 Å². The first-order valence-electron chi connectivity index (χ1n) is 11.4. The average Bonchev–Trinajstić information content (AvgIpc) is 2.93. The molecule has 1 N–H and O–H groups in total. The van der Waals surface area contributed by atoms with E-state index in [9.17, 15) is 19.2 Å². The Hall–Kier alpha value is -4.47. The van der Waals surface area contributed by atoms with Gasteiger partial charge in [-0.15, -0.1) is 0 Å². The number of carbonyl (C=O) groups is 3. The lowest BCUT2D eigenvalue weighted by atomic mass is 10.0. The predicted octanol–water partition coefficient (Wildman–Crippen LogP) is 3.64. The Balaban J connectivity index is 1.61. The summed E-state index contributed by atoms with van der Waals surface area (Å²) >= 11 is 0. The molecule has 1 aliphatic heterocycles. The quantitative estimate of drug-likeness (QED) is 0.518. The Kier molecular flexibility index (Phi) is 7.74. The van der Waals surface area contributed by atoms with Gasteiger partial charge in [-0.05, 0) is 37.0 Å². The zero-order valence-electron chi connectivity index (χ0n) is 19.6. The highest BCUT2D eigenvalue weighted by atomic mass is 16.6. The van der Waals surface area contributed by atoms with Crippen LogP contribution in [-0.2, 0) is 16.1 Å². The second-order valence-corrected chi connectivity index (χ2v) is 8.12. The van der Waals surface area contributed by atoms with E-state index in [-0.39, 0.29) is 18.0 Å². The highest BCUT2D eigenvalue weighted by molar-refractivity contribution is 5.94. The van der Waals surface area contributed by atoms with Gasteiger partial charge in [-0.25, -0.2) is 19.4 Å². The number of likely N-dealkylation sites (tertiary alicyclic amines) is 1. The molecule has 1 saturated heterocycles. The van der Waals surface area contributed by atoms with Crippen LogP contribution in [0.1, 0.15) is 57.5 Å². The molecule has 1 amide bonds. The Morgan fingerprint density at radius 3 is 2.39 bits per heavy atom. The van der Waals surface area contributed by atoms with Crippen molar-refractivity contribution >= 4 is 18.0 Å². The zero-order chi connectivity index (χ0) is 25.5. The van der Waals surface area contributed by atoms with Gasteiger partial charge in [-0.3, -0.25) is 9.69 Å². The van der Waals surface area contributed by atoms with Crippen LogP contribution in [0.3, 0.4) is 0 Å². The number of benzene rings is 2. The van der Waals surface area contributed by atoms with Gasteiger partial charge in [-0.2, -0.15) is 0 Å². The van der Waals surface area contributed by atoms with Gasteiger partial charge in [0.05, 0.1) is 18.7 Å². The monoisotopic (exact) mass is 491 g/mol. The Labute approximate surface area is 206 Å². The van der Waals surface area contributed by atoms with Gasteiger partial charge in [0.15, 0.2) is 5.69 Å². The molecule has 1 unspecified atom stereocenters. The molecule has 186 valence electrons. The highest BCUT2D eigenvalue weighted by Gasteiger charge is 2.33. The number of ether oxygens (including phenoxy) is 3. The summed E-state index contributed by atoms with van der Waals surface area (Å²) in [6, 6.07) is 16.6. The minimum atomic E-state index is -0.952. The minimum Gasteiger partial charge on any atom is -0.464 e. The fourth-order valence-corrected chi connectivity index (χ4v) is 3.93. The van der Waals surface area contributed by atoms with E-state index >= 15 is 0 Å². The van der Waals surface area contributed by atoms with Crippen LogP contribution in [-0.4, -0.2) is 46.6 Å². The van der Waals surface area contributed by atoms with E-state index in [2.05, 4.69) is 9.97 Å². The summed E-state index contributed by atoms with van der Waals surface area (Å²) in [6.45, 7) is 0.481. The maximum Gasteiger partial charge on any atom is 0.410 e. The van der Waals surface area contributed by atoms with E-state index in [0.717, 1.165) is 25.5 Å². The van der Waals surface area contributed by atoms with Crippen molar-refractivity contribution in [2.75, 3.05) is 13.7 Å². The van der Waals surface area contributed by atoms with Gasteiger partial charge in [-0.1, -0.05) is 48.5 Å². The maximum atomic E-state index is 13.0. The van der Waals surface area contributed by atoms with E-state index in [1.165, 1.54) is 17.0 Å². The van der Waals surface area contributed by atoms with E-state index < -0.39 is 41.1 Å². The molecule has 2 heterocycles. The molecule has 0 bridgehead atoms. The number of nitrogens with zero attached hydrogens (tertiary/aromatic N) is 2. The second-order valence-electron chi connectivity index (χ2n) is 8.12. The van der Waals surface area contributed by atoms with Crippen molar-refractivity contribution in [1.29, 1.82) is 0 Å². The molecular formula is C26H25N3O7. The van der Waals surface area contributed by atoms with Gasteiger partial charge < -0.3 is 19.2 Å². The van der Waals surface area contributed by atoms with Gasteiger partial charge in [0.25, 0.3) is 5.56 Å². The Morgan fingerprint density at radius 2 is 1.69 bits per heavy atom. The summed E-state index contributed by atoms with van der Waals surface area (Å²) in [6.07, 6.45) is 1.45. The Morgan fingerprint density at radius 1 is 1.00 bits per heavy atom. The number of methoxy groups -OCH3 is 1. The van der Waals surface area contributed by atoms with E-state index in [1.807, 2.05) is 30.3 Å². The third-order valence-electron chi connectivity index (χ3n) is 5.74. The molecule has 0 saturated carbocycles. The average molecular weight is 492 g/mol. The number of nitrogens with one attached hydrogen (secondary N) is 1. The molecule has 1 atom stereocenters. The summed E-state index contributed by atoms with van der Waals surface area (Å²) < 4.78 is 15.5. The summed E-state index contributed by atoms with van der Waals surface area (Å²) in [4.78, 5) is 59.2. The van der Waals surface area contributed by atoms with Crippen LogP contribution in [0.15, 0.2) is 65.5 Å². The van der Waals surface area contributed by atoms with Crippen molar-refractivity contribution in [3.05, 3.63) is 93.7 Å². The van der Waals surface area contributed by atoms with Crippen molar-refractivity contribution in [3.8, 4) is 5.75 Å². The number of piperidine rings is 1. The third-order valence-corrected chi connectivity index (χ3v) is 5.74. The molecule has 2 aromatic carbocycles. The van der Waals surface area contributed by atoms with Crippen molar-refractivity contribution in [3.63, 3.8) is 0 Å². The summed E-state index contributed by atoms with van der Waals surface area (Å²) in [5.41, 5.74) is -0.267. The molecule has 0 spiro atoms. The fourth-order valence-electron chi connectivity index (χ4n) is 3.93. The largest absolute Gasteiger partial charge is 0.464 e. The Bertz CT molecular complexity index is 1290. The van der Waals surface area contributed by atoms with Crippen LogP contribution in [0.4, 0.5) is 4.79 Å². The molecule has 1 fully saturated rings. The van der Waals surface area contributed by atoms with Crippen molar-refractivity contribution in [2.24, 2.45) is 0 Å². The van der Waals surface area contributed by atoms with Crippen LogP contribution in [0, 0.1) is 0 Å². The van der Waals surface area contributed by atoms with Gasteiger partial charge in [0, 0.05) is 6.54 Å². The van der Waals surface area contributed by atoms with Crippen LogP contribution in [0.5, 0.6) is 5.75 Å². The van der Waals surface area contributed by atoms with E-state index in [1.54, 1.807) is 18.2 Å². The lowest BCUT2D eigenvalue weighted by Crippen LogP contribution is -2.40.